The Morgan fingerprint density at radius 3 is 2.40 bits per heavy atom. The van der Waals surface area contributed by atoms with Crippen molar-refractivity contribution in [3.05, 3.63) is 47.5 Å². The molecule has 8 nitrogen and oxygen atoms in total. The number of aromatic hydroxyl groups is 1. The summed E-state index contributed by atoms with van der Waals surface area (Å²) >= 11 is -0.447. The summed E-state index contributed by atoms with van der Waals surface area (Å²) in [6.45, 7) is 5.77. The predicted octanol–water partition coefficient (Wildman–Crippen LogP) is 7.57. The first-order valence-corrected chi connectivity index (χ1v) is 19.0. The van der Waals surface area contributed by atoms with Crippen molar-refractivity contribution >= 4 is 39.3 Å². The molecule has 1 saturated carbocycles. The van der Waals surface area contributed by atoms with Crippen LogP contribution in [0.4, 0.5) is 27.8 Å². The van der Waals surface area contributed by atoms with Gasteiger partial charge in [-0.3, -0.25) is 4.90 Å². The van der Waals surface area contributed by atoms with Crippen molar-refractivity contribution in [2.24, 2.45) is 5.41 Å². The van der Waals surface area contributed by atoms with E-state index in [-0.39, 0.29) is 75.3 Å². The molecule has 5 fully saturated rings. The molecule has 0 radical (unpaired) electrons. The Morgan fingerprint density at radius 1 is 1.00 bits per heavy atom. The minimum atomic E-state index is -4.78. The van der Waals surface area contributed by atoms with Crippen LogP contribution in [-0.4, -0.2) is 89.1 Å². The standard InChI is InChI=1S/C38H40F5N5O3S/c1-2-26-29(39)8-3-20-11-23(49)12-27(31(20)26)32-30(52-38(41,42)43)13-28-34(33(32)40)45-36(46-35(28)48-14-21-4-5-22(15-48)44-21)50-19-37(9-10-37)18-47-16-24-6-7-25(17-47)51-24/h3,8,11-13,21-22,24-25,44,49H,2,4-7,9-10,14-19H2,1H3. The molecule has 4 aromatic rings. The maximum Gasteiger partial charge on any atom is 0.446 e. The second-order valence-corrected chi connectivity index (χ2v) is 16.4. The van der Waals surface area contributed by atoms with Crippen LogP contribution >= 0.6 is 11.8 Å². The Kier molecular flexibility index (Phi) is 8.48. The minimum Gasteiger partial charge on any atom is -0.508 e. The first-order valence-electron chi connectivity index (χ1n) is 18.2. The Morgan fingerprint density at radius 2 is 1.73 bits per heavy atom. The molecule has 2 N–H and O–H groups in total. The largest absolute Gasteiger partial charge is 0.508 e. The number of nitrogens with one attached hydrogen (secondary N) is 1. The van der Waals surface area contributed by atoms with Crippen LogP contribution in [0, 0.1) is 17.0 Å². The SMILES string of the molecule is CCc1c(F)ccc2cc(O)cc(-c3c(SC(F)(F)F)cc4c(N5CC6CCC(C5)N6)nc(OCC5(CN6CC7CCC(C6)O7)CC5)nc4c3F)c12. The number of nitrogens with zero attached hydrogens (tertiary/aromatic N) is 4. The molecule has 276 valence electrons. The summed E-state index contributed by atoms with van der Waals surface area (Å²) < 4.78 is 87.8. The van der Waals surface area contributed by atoms with Gasteiger partial charge in [-0.1, -0.05) is 13.0 Å². The number of fused-ring (bicyclic) bond motifs is 6. The van der Waals surface area contributed by atoms with E-state index < -0.39 is 39.4 Å². The number of hydrogen-bond acceptors (Lipinski definition) is 9. The van der Waals surface area contributed by atoms with Gasteiger partial charge in [0.2, 0.25) is 0 Å². The molecule has 9 rings (SSSR count). The molecule has 0 spiro atoms. The number of phenolic OH excluding ortho intramolecular Hbond substituents is 1. The Bertz CT molecular complexity index is 2040. The summed E-state index contributed by atoms with van der Waals surface area (Å²) in [5, 5.41) is 15.1. The van der Waals surface area contributed by atoms with E-state index in [1.54, 1.807) is 6.92 Å². The van der Waals surface area contributed by atoms with Gasteiger partial charge in [-0.15, -0.1) is 0 Å². The van der Waals surface area contributed by atoms with E-state index >= 15 is 8.78 Å². The fourth-order valence-electron chi connectivity index (χ4n) is 8.99. The first kappa shape index (κ1) is 34.3. The molecule has 4 unspecified atom stereocenters. The zero-order valence-electron chi connectivity index (χ0n) is 28.7. The van der Waals surface area contributed by atoms with Crippen molar-refractivity contribution in [3.8, 4) is 22.9 Å². The number of piperazine rings is 1. The van der Waals surface area contributed by atoms with Gasteiger partial charge in [-0.25, -0.2) is 8.78 Å². The smallest absolute Gasteiger partial charge is 0.446 e. The zero-order chi connectivity index (χ0) is 35.9. The highest BCUT2D eigenvalue weighted by Gasteiger charge is 2.47. The maximum absolute atomic E-state index is 17.4. The van der Waals surface area contributed by atoms with E-state index in [2.05, 4.69) is 15.2 Å². The summed E-state index contributed by atoms with van der Waals surface area (Å²) in [4.78, 5) is 13.4. The molecule has 0 amide bonds. The topological polar surface area (TPSA) is 83.0 Å². The first-order chi connectivity index (χ1) is 24.9. The Labute approximate surface area is 302 Å². The number of likely N-dealkylation sites (tertiary alicyclic amines) is 1. The number of benzene rings is 3. The lowest BCUT2D eigenvalue weighted by Gasteiger charge is -2.35. The highest BCUT2D eigenvalue weighted by atomic mass is 32.2. The zero-order valence-corrected chi connectivity index (χ0v) is 29.6. The van der Waals surface area contributed by atoms with Crippen molar-refractivity contribution in [1.29, 1.82) is 0 Å². The predicted molar refractivity (Wildman–Crippen MR) is 189 cm³/mol. The molecular weight excluding hydrogens is 702 g/mol. The number of phenols is 1. The van der Waals surface area contributed by atoms with Crippen LogP contribution in [0.2, 0.25) is 0 Å². The number of hydrogen-bond donors (Lipinski definition) is 2. The molecule has 5 aliphatic rings. The monoisotopic (exact) mass is 741 g/mol. The quantitative estimate of drug-likeness (QED) is 0.133. The third kappa shape index (κ3) is 6.43. The number of thioether (sulfide) groups is 1. The Balaban J connectivity index is 1.18. The van der Waals surface area contributed by atoms with Crippen LogP contribution in [-0.2, 0) is 11.2 Å². The van der Waals surface area contributed by atoms with Gasteiger partial charge in [0.05, 0.1) is 18.8 Å². The summed E-state index contributed by atoms with van der Waals surface area (Å²) in [5.74, 6) is -1.55. The number of alkyl halides is 3. The van der Waals surface area contributed by atoms with Crippen molar-refractivity contribution in [3.63, 3.8) is 0 Å². The summed E-state index contributed by atoms with van der Waals surface area (Å²) in [6, 6.07) is 6.87. The van der Waals surface area contributed by atoms with Crippen LogP contribution in [0.25, 0.3) is 32.8 Å². The lowest BCUT2D eigenvalue weighted by atomic mass is 9.92. The molecule has 4 atom stereocenters. The van der Waals surface area contributed by atoms with Gasteiger partial charge in [0.1, 0.15) is 22.9 Å². The maximum atomic E-state index is 17.4. The third-order valence-electron chi connectivity index (χ3n) is 11.5. The summed E-state index contributed by atoms with van der Waals surface area (Å²) in [5.41, 5.74) is -5.31. The van der Waals surface area contributed by atoms with Crippen LogP contribution in [0.5, 0.6) is 11.8 Å². The van der Waals surface area contributed by atoms with Gasteiger partial charge in [-0.05, 0) is 103 Å². The van der Waals surface area contributed by atoms with Crippen LogP contribution in [0.3, 0.4) is 0 Å². The van der Waals surface area contributed by atoms with Crippen LogP contribution in [0.1, 0.15) is 51.0 Å². The summed E-state index contributed by atoms with van der Waals surface area (Å²) in [6.07, 6.45) is 6.73. The highest BCUT2D eigenvalue weighted by molar-refractivity contribution is 8.00. The van der Waals surface area contributed by atoms with Gasteiger partial charge in [0.25, 0.3) is 0 Å². The van der Waals surface area contributed by atoms with Crippen LogP contribution in [0.15, 0.2) is 35.2 Å². The minimum absolute atomic E-state index is 0.0381. The van der Waals surface area contributed by atoms with Crippen molar-refractivity contribution in [1.82, 2.24) is 20.2 Å². The number of halogens is 5. The lowest BCUT2D eigenvalue weighted by Crippen LogP contribution is -2.51. The van der Waals surface area contributed by atoms with E-state index in [0.717, 1.165) is 58.2 Å². The summed E-state index contributed by atoms with van der Waals surface area (Å²) in [7, 11) is 0. The molecule has 14 heteroatoms. The molecule has 4 aliphatic heterocycles. The van der Waals surface area contributed by atoms with E-state index in [9.17, 15) is 18.3 Å². The number of anilines is 1. The number of morpholine rings is 1. The fraction of sp³-hybridized carbons (Fsp3) is 0.526. The van der Waals surface area contributed by atoms with E-state index in [1.807, 2.05) is 4.90 Å². The molecule has 1 aromatic heterocycles. The fourth-order valence-corrected chi connectivity index (χ4v) is 9.71. The van der Waals surface area contributed by atoms with E-state index in [1.165, 1.54) is 30.3 Å². The normalized spacial score (nSPS) is 25.4. The molecular formula is C38H40F5N5O3S. The molecule has 1 aliphatic carbocycles. The van der Waals surface area contributed by atoms with Gasteiger partial charge >= 0.3 is 11.5 Å². The molecule has 52 heavy (non-hydrogen) atoms. The van der Waals surface area contributed by atoms with E-state index in [4.69, 9.17) is 14.5 Å². The van der Waals surface area contributed by atoms with Gasteiger partial charge in [0.15, 0.2) is 5.82 Å². The molecule has 5 heterocycles. The van der Waals surface area contributed by atoms with Crippen molar-refractivity contribution < 1.29 is 36.5 Å². The molecule has 4 bridgehead atoms. The number of aryl methyl sites for hydroxylation is 1. The molecule has 4 saturated heterocycles. The highest BCUT2D eigenvalue weighted by Crippen LogP contribution is 2.50. The number of rotatable bonds is 9. The average molecular weight is 742 g/mol. The van der Waals surface area contributed by atoms with Crippen molar-refractivity contribution in [2.75, 3.05) is 44.2 Å². The molecule has 3 aromatic carbocycles. The third-order valence-corrected chi connectivity index (χ3v) is 12.3. The second kappa shape index (κ2) is 12.8. The van der Waals surface area contributed by atoms with E-state index in [0.29, 0.717) is 30.9 Å². The van der Waals surface area contributed by atoms with Gasteiger partial charge < -0.3 is 24.8 Å². The second-order valence-electron chi connectivity index (χ2n) is 15.3. The number of ether oxygens (including phenoxy) is 2. The van der Waals surface area contributed by atoms with Crippen molar-refractivity contribution in [2.45, 2.75) is 86.6 Å². The Hall–Kier alpha value is -3.46. The number of aromatic nitrogens is 2. The average Bonchev–Trinajstić information content (AvgIpc) is 3.66. The van der Waals surface area contributed by atoms with Gasteiger partial charge in [-0.2, -0.15) is 23.1 Å². The van der Waals surface area contributed by atoms with Crippen LogP contribution < -0.4 is 15.0 Å². The lowest BCUT2D eigenvalue weighted by molar-refractivity contribution is -0.0460. The van der Waals surface area contributed by atoms with Gasteiger partial charge in [0, 0.05) is 66.1 Å².